The summed E-state index contributed by atoms with van der Waals surface area (Å²) in [6.07, 6.45) is 1.68. The highest BCUT2D eigenvalue weighted by molar-refractivity contribution is 14.0. The number of carbonyl (C=O) groups is 1. The number of hydrogen-bond donors (Lipinski definition) is 2. The molecule has 0 aliphatic rings. The molecule has 11 heteroatoms. The summed E-state index contributed by atoms with van der Waals surface area (Å²) in [4.78, 5) is 18.7. The van der Waals surface area contributed by atoms with Gasteiger partial charge in [0.2, 0.25) is 5.91 Å². The molecule has 0 aromatic heterocycles. The number of amides is 1. The van der Waals surface area contributed by atoms with Crippen molar-refractivity contribution in [1.82, 2.24) is 15.5 Å². The lowest BCUT2D eigenvalue weighted by atomic mass is 10.3. The minimum Gasteiger partial charge on any atom is -0.356 e. The SMILES string of the molecule is CC(CCS(C)(=O)=O)NC(=NCC(=O)N(C)C)NCCSc1ccc(Cl)cc1.I. The lowest BCUT2D eigenvalue weighted by Gasteiger charge is -2.18. The summed E-state index contributed by atoms with van der Waals surface area (Å²) in [5.74, 6) is 1.27. The number of rotatable bonds is 10. The lowest BCUT2D eigenvalue weighted by molar-refractivity contribution is -0.127. The second-order valence-corrected chi connectivity index (χ2v) is 10.5. The van der Waals surface area contributed by atoms with Crippen molar-refractivity contribution in [3.05, 3.63) is 29.3 Å². The van der Waals surface area contributed by atoms with Crippen LogP contribution in [0.25, 0.3) is 0 Å². The first-order valence-electron chi connectivity index (χ1n) is 8.88. The molecule has 0 heterocycles. The third-order valence-electron chi connectivity index (χ3n) is 3.65. The van der Waals surface area contributed by atoms with Crippen molar-refractivity contribution in [3.8, 4) is 0 Å². The van der Waals surface area contributed by atoms with Gasteiger partial charge in [-0.15, -0.1) is 35.7 Å². The first-order valence-corrected chi connectivity index (χ1v) is 12.3. The van der Waals surface area contributed by atoms with Crippen LogP contribution in [-0.4, -0.2) is 76.2 Å². The molecular weight excluding hydrogens is 547 g/mol. The van der Waals surface area contributed by atoms with Crippen molar-refractivity contribution >= 4 is 69.0 Å². The number of aliphatic imine (C=N–C) groups is 1. The first-order chi connectivity index (χ1) is 13.1. The summed E-state index contributed by atoms with van der Waals surface area (Å²) in [6.45, 7) is 2.54. The second kappa shape index (κ2) is 14.3. The van der Waals surface area contributed by atoms with Crippen LogP contribution in [0.2, 0.25) is 5.02 Å². The van der Waals surface area contributed by atoms with Crippen LogP contribution in [-0.2, 0) is 14.6 Å². The maximum Gasteiger partial charge on any atom is 0.243 e. The summed E-state index contributed by atoms with van der Waals surface area (Å²) in [6, 6.07) is 7.52. The van der Waals surface area contributed by atoms with Crippen LogP contribution in [0, 0.1) is 0 Å². The Kier molecular flexibility index (Phi) is 14.0. The van der Waals surface area contributed by atoms with Crippen molar-refractivity contribution in [2.75, 3.05) is 44.9 Å². The van der Waals surface area contributed by atoms with Gasteiger partial charge in [-0.05, 0) is 37.6 Å². The quantitative estimate of drug-likeness (QED) is 0.146. The van der Waals surface area contributed by atoms with E-state index in [2.05, 4.69) is 15.6 Å². The summed E-state index contributed by atoms with van der Waals surface area (Å²) in [5.41, 5.74) is 0. The maximum absolute atomic E-state index is 11.8. The van der Waals surface area contributed by atoms with Gasteiger partial charge in [-0.2, -0.15) is 0 Å². The molecule has 1 aromatic carbocycles. The summed E-state index contributed by atoms with van der Waals surface area (Å²) < 4.78 is 22.7. The van der Waals surface area contributed by atoms with Gasteiger partial charge in [0.25, 0.3) is 0 Å². The van der Waals surface area contributed by atoms with E-state index < -0.39 is 9.84 Å². The Bertz CT molecular complexity index is 759. The average molecular weight is 577 g/mol. The Morgan fingerprint density at radius 3 is 2.45 bits per heavy atom. The molecule has 2 N–H and O–H groups in total. The van der Waals surface area contributed by atoms with E-state index in [4.69, 9.17) is 11.6 Å². The van der Waals surface area contributed by atoms with Gasteiger partial charge < -0.3 is 15.5 Å². The number of hydrogen-bond acceptors (Lipinski definition) is 5. The molecule has 0 fully saturated rings. The third kappa shape index (κ3) is 14.0. The normalized spacial score (nSPS) is 12.7. The number of thioether (sulfide) groups is 1. The smallest absolute Gasteiger partial charge is 0.243 e. The molecule has 0 saturated heterocycles. The predicted octanol–water partition coefficient (Wildman–Crippen LogP) is 2.50. The molecule has 0 bridgehead atoms. The Morgan fingerprint density at radius 2 is 1.90 bits per heavy atom. The number of carbonyl (C=O) groups excluding carboxylic acids is 1. The molecule has 0 spiro atoms. The molecule has 0 aliphatic carbocycles. The van der Waals surface area contributed by atoms with Gasteiger partial charge in [0, 0.05) is 48.6 Å². The van der Waals surface area contributed by atoms with Crippen LogP contribution in [0.1, 0.15) is 13.3 Å². The minimum atomic E-state index is -3.02. The van der Waals surface area contributed by atoms with E-state index in [1.165, 1.54) is 11.2 Å². The highest BCUT2D eigenvalue weighted by atomic mass is 127. The fourth-order valence-electron chi connectivity index (χ4n) is 2.01. The zero-order chi connectivity index (χ0) is 21.2. The number of sulfone groups is 1. The Labute approximate surface area is 200 Å². The Hall–Kier alpha value is -0.720. The average Bonchev–Trinajstić information content (AvgIpc) is 2.61. The van der Waals surface area contributed by atoms with E-state index in [1.54, 1.807) is 25.9 Å². The van der Waals surface area contributed by atoms with Crippen LogP contribution in [0.3, 0.4) is 0 Å². The van der Waals surface area contributed by atoms with E-state index in [0.717, 1.165) is 10.6 Å². The van der Waals surface area contributed by atoms with E-state index in [1.807, 2.05) is 31.2 Å². The monoisotopic (exact) mass is 576 g/mol. The zero-order valence-corrected chi connectivity index (χ0v) is 21.9. The molecule has 0 saturated carbocycles. The van der Waals surface area contributed by atoms with E-state index >= 15 is 0 Å². The molecule has 1 amide bonds. The fraction of sp³-hybridized carbons (Fsp3) is 0.556. The van der Waals surface area contributed by atoms with Crippen molar-refractivity contribution in [2.45, 2.75) is 24.3 Å². The fourth-order valence-corrected chi connectivity index (χ4v) is 3.68. The van der Waals surface area contributed by atoms with Crippen molar-refractivity contribution in [2.24, 2.45) is 4.99 Å². The van der Waals surface area contributed by atoms with E-state index in [0.29, 0.717) is 23.9 Å². The number of likely N-dealkylation sites (N-methyl/N-ethyl adjacent to an activating group) is 1. The molecule has 1 unspecified atom stereocenters. The summed E-state index contributed by atoms with van der Waals surface area (Å²) in [5, 5.41) is 7.07. The van der Waals surface area contributed by atoms with Crippen molar-refractivity contribution in [1.29, 1.82) is 0 Å². The van der Waals surface area contributed by atoms with E-state index in [-0.39, 0.29) is 48.2 Å². The summed E-state index contributed by atoms with van der Waals surface area (Å²) in [7, 11) is 0.333. The molecule has 7 nitrogen and oxygen atoms in total. The van der Waals surface area contributed by atoms with Crippen molar-refractivity contribution in [3.63, 3.8) is 0 Å². The molecule has 1 rings (SSSR count). The van der Waals surface area contributed by atoms with Gasteiger partial charge >= 0.3 is 0 Å². The maximum atomic E-state index is 11.8. The van der Waals surface area contributed by atoms with Gasteiger partial charge in [-0.1, -0.05) is 11.6 Å². The molecule has 29 heavy (non-hydrogen) atoms. The minimum absolute atomic E-state index is 0. The topological polar surface area (TPSA) is 90.9 Å². The standard InChI is InChI=1S/C18H29ClN4O3S2.HI/c1-14(9-12-28(4,25)26)22-18(21-13-17(24)23(2)3)20-10-11-27-16-7-5-15(19)6-8-16;/h5-8,14H,9-13H2,1-4H3,(H2,20,21,22);1H. The number of nitrogens with one attached hydrogen (secondary N) is 2. The van der Waals surface area contributed by atoms with Crippen LogP contribution < -0.4 is 10.6 Å². The molecule has 0 radical (unpaired) electrons. The predicted molar refractivity (Wildman–Crippen MR) is 134 cm³/mol. The number of benzene rings is 1. The van der Waals surface area contributed by atoms with Gasteiger partial charge in [0.05, 0.1) is 5.75 Å². The lowest BCUT2D eigenvalue weighted by Crippen LogP contribution is -2.44. The molecular formula is C18H30ClIN4O3S2. The number of nitrogens with zero attached hydrogens (tertiary/aromatic N) is 2. The summed E-state index contributed by atoms with van der Waals surface area (Å²) >= 11 is 7.56. The third-order valence-corrected chi connectivity index (χ3v) is 5.90. The van der Waals surface area contributed by atoms with Crippen LogP contribution >= 0.6 is 47.3 Å². The Balaban J connectivity index is 0.00000784. The van der Waals surface area contributed by atoms with Gasteiger partial charge in [0.1, 0.15) is 16.4 Å². The van der Waals surface area contributed by atoms with Gasteiger partial charge in [-0.25, -0.2) is 13.4 Å². The van der Waals surface area contributed by atoms with Crippen LogP contribution in [0.15, 0.2) is 34.2 Å². The largest absolute Gasteiger partial charge is 0.356 e. The number of guanidine groups is 1. The molecule has 166 valence electrons. The van der Waals surface area contributed by atoms with Crippen LogP contribution in [0.4, 0.5) is 0 Å². The Morgan fingerprint density at radius 1 is 1.28 bits per heavy atom. The zero-order valence-electron chi connectivity index (χ0n) is 17.1. The number of halogens is 2. The first kappa shape index (κ1) is 28.3. The molecule has 1 atom stereocenters. The van der Waals surface area contributed by atoms with Gasteiger partial charge in [0.15, 0.2) is 5.96 Å². The van der Waals surface area contributed by atoms with Crippen molar-refractivity contribution < 1.29 is 13.2 Å². The van der Waals surface area contributed by atoms with Crippen LogP contribution in [0.5, 0.6) is 0 Å². The highest BCUT2D eigenvalue weighted by Crippen LogP contribution is 2.19. The van der Waals surface area contributed by atoms with E-state index in [9.17, 15) is 13.2 Å². The van der Waals surface area contributed by atoms with Gasteiger partial charge in [-0.3, -0.25) is 4.79 Å². The second-order valence-electron chi connectivity index (χ2n) is 6.65. The molecule has 1 aromatic rings. The molecule has 0 aliphatic heterocycles. The highest BCUT2D eigenvalue weighted by Gasteiger charge is 2.11.